The van der Waals surface area contributed by atoms with Crippen LogP contribution in [0.4, 0.5) is 8.78 Å². The molecule has 0 bridgehead atoms. The van der Waals surface area contributed by atoms with E-state index in [1.165, 1.54) is 17.8 Å². The van der Waals surface area contributed by atoms with E-state index >= 15 is 0 Å². The van der Waals surface area contributed by atoms with Crippen molar-refractivity contribution in [3.8, 4) is 5.75 Å². The molecule has 5 heteroatoms. The zero-order chi connectivity index (χ0) is 16.9. The SMILES string of the molecule is OC(COc1cccc2ccccc12)CSc1ccc(F)c(F)c1. The zero-order valence-corrected chi connectivity index (χ0v) is 13.6. The Bertz CT molecular complexity index is 833. The van der Waals surface area contributed by atoms with Crippen LogP contribution in [-0.2, 0) is 0 Å². The van der Waals surface area contributed by atoms with Crippen LogP contribution in [0.5, 0.6) is 5.75 Å². The average Bonchev–Trinajstić information content (AvgIpc) is 2.61. The lowest BCUT2D eigenvalue weighted by Gasteiger charge is -2.13. The molecule has 0 heterocycles. The quantitative estimate of drug-likeness (QED) is 0.659. The van der Waals surface area contributed by atoms with Gasteiger partial charge >= 0.3 is 0 Å². The summed E-state index contributed by atoms with van der Waals surface area (Å²) in [5.41, 5.74) is 0. The van der Waals surface area contributed by atoms with Gasteiger partial charge in [0.05, 0.1) is 6.10 Å². The normalized spacial score (nSPS) is 12.3. The second kappa shape index (κ2) is 7.64. The second-order valence-corrected chi connectivity index (χ2v) is 6.42. The molecule has 0 aliphatic carbocycles. The van der Waals surface area contributed by atoms with Crippen LogP contribution < -0.4 is 4.74 Å². The Morgan fingerprint density at radius 3 is 2.58 bits per heavy atom. The van der Waals surface area contributed by atoms with E-state index in [1.807, 2.05) is 42.5 Å². The van der Waals surface area contributed by atoms with Crippen LogP contribution in [-0.4, -0.2) is 23.6 Å². The Morgan fingerprint density at radius 1 is 0.958 bits per heavy atom. The van der Waals surface area contributed by atoms with E-state index < -0.39 is 17.7 Å². The maximum atomic E-state index is 13.1. The van der Waals surface area contributed by atoms with E-state index in [2.05, 4.69) is 0 Å². The average molecular weight is 346 g/mol. The van der Waals surface area contributed by atoms with E-state index in [-0.39, 0.29) is 6.61 Å². The number of thioether (sulfide) groups is 1. The molecule has 0 aromatic heterocycles. The lowest BCUT2D eigenvalue weighted by atomic mass is 10.1. The van der Waals surface area contributed by atoms with Gasteiger partial charge in [0.1, 0.15) is 12.4 Å². The predicted molar refractivity (Wildman–Crippen MR) is 92.5 cm³/mol. The predicted octanol–water partition coefficient (Wildman–Crippen LogP) is 4.65. The molecule has 0 aliphatic rings. The number of fused-ring (bicyclic) bond motifs is 1. The molecule has 2 nitrogen and oxygen atoms in total. The molecule has 1 unspecified atom stereocenters. The van der Waals surface area contributed by atoms with Crippen molar-refractivity contribution in [1.29, 1.82) is 0 Å². The first-order chi connectivity index (χ1) is 11.6. The van der Waals surface area contributed by atoms with Crippen molar-refractivity contribution in [2.75, 3.05) is 12.4 Å². The van der Waals surface area contributed by atoms with E-state index in [1.54, 1.807) is 0 Å². The van der Waals surface area contributed by atoms with E-state index in [0.717, 1.165) is 22.9 Å². The molecule has 1 N–H and O–H groups in total. The van der Waals surface area contributed by atoms with E-state index in [4.69, 9.17) is 4.74 Å². The van der Waals surface area contributed by atoms with Crippen molar-refractivity contribution >= 4 is 22.5 Å². The van der Waals surface area contributed by atoms with Gasteiger partial charge in [0.25, 0.3) is 0 Å². The highest BCUT2D eigenvalue weighted by atomic mass is 32.2. The molecule has 0 saturated heterocycles. The van der Waals surface area contributed by atoms with Crippen LogP contribution in [0.3, 0.4) is 0 Å². The van der Waals surface area contributed by atoms with Crippen molar-refractivity contribution in [1.82, 2.24) is 0 Å². The number of aliphatic hydroxyl groups excluding tert-OH is 1. The molecule has 0 radical (unpaired) electrons. The van der Waals surface area contributed by atoms with Crippen LogP contribution >= 0.6 is 11.8 Å². The van der Waals surface area contributed by atoms with Crippen molar-refractivity contribution < 1.29 is 18.6 Å². The fourth-order valence-corrected chi connectivity index (χ4v) is 3.15. The first kappa shape index (κ1) is 16.7. The molecule has 0 fully saturated rings. The minimum atomic E-state index is -0.888. The Balaban J connectivity index is 1.57. The highest BCUT2D eigenvalue weighted by Gasteiger charge is 2.09. The summed E-state index contributed by atoms with van der Waals surface area (Å²) >= 11 is 1.25. The van der Waals surface area contributed by atoms with Gasteiger partial charge in [-0.3, -0.25) is 0 Å². The van der Waals surface area contributed by atoms with Gasteiger partial charge in [-0.1, -0.05) is 36.4 Å². The molecule has 3 rings (SSSR count). The standard InChI is InChI=1S/C19H16F2O2S/c20-17-9-8-15(10-18(17)21)24-12-14(22)11-23-19-7-3-5-13-4-1-2-6-16(13)19/h1-10,14,22H,11-12H2. The molecule has 3 aromatic rings. The molecular weight excluding hydrogens is 330 g/mol. The summed E-state index contributed by atoms with van der Waals surface area (Å²) in [5.74, 6) is -0.721. The second-order valence-electron chi connectivity index (χ2n) is 5.33. The van der Waals surface area contributed by atoms with Gasteiger partial charge in [0.15, 0.2) is 11.6 Å². The van der Waals surface area contributed by atoms with E-state index in [9.17, 15) is 13.9 Å². The molecule has 0 spiro atoms. The van der Waals surface area contributed by atoms with Gasteiger partial charge in [0, 0.05) is 16.0 Å². The number of hydrogen-bond acceptors (Lipinski definition) is 3. The molecule has 3 aromatic carbocycles. The number of hydrogen-bond donors (Lipinski definition) is 1. The molecular formula is C19H16F2O2S. The summed E-state index contributed by atoms with van der Waals surface area (Å²) in [4.78, 5) is 0.568. The minimum absolute atomic E-state index is 0.130. The third kappa shape index (κ3) is 4.04. The maximum absolute atomic E-state index is 13.1. The summed E-state index contributed by atoms with van der Waals surface area (Å²) in [6.07, 6.45) is -0.720. The van der Waals surface area contributed by atoms with Crippen LogP contribution in [0.1, 0.15) is 0 Å². The van der Waals surface area contributed by atoms with Crippen molar-refractivity contribution in [3.63, 3.8) is 0 Å². The zero-order valence-electron chi connectivity index (χ0n) is 12.8. The maximum Gasteiger partial charge on any atom is 0.159 e. The largest absolute Gasteiger partial charge is 0.490 e. The van der Waals surface area contributed by atoms with Crippen molar-refractivity contribution in [2.24, 2.45) is 0 Å². The third-order valence-corrected chi connectivity index (χ3v) is 4.65. The van der Waals surface area contributed by atoms with Crippen LogP contribution in [0.15, 0.2) is 65.6 Å². The van der Waals surface area contributed by atoms with Crippen molar-refractivity contribution in [3.05, 3.63) is 72.3 Å². The molecule has 0 amide bonds. The fourth-order valence-electron chi connectivity index (χ4n) is 2.31. The topological polar surface area (TPSA) is 29.5 Å². The Kier molecular flexibility index (Phi) is 5.33. The summed E-state index contributed by atoms with van der Waals surface area (Å²) in [5, 5.41) is 12.1. The lowest BCUT2D eigenvalue weighted by molar-refractivity contribution is 0.127. The Hall–Kier alpha value is -2.11. The number of rotatable bonds is 6. The highest BCUT2D eigenvalue weighted by molar-refractivity contribution is 7.99. The number of ether oxygens (including phenoxy) is 1. The minimum Gasteiger partial charge on any atom is -0.490 e. The van der Waals surface area contributed by atoms with Crippen LogP contribution in [0, 0.1) is 11.6 Å². The Labute approximate surface area is 143 Å². The fraction of sp³-hybridized carbons (Fsp3) is 0.158. The van der Waals surface area contributed by atoms with Crippen LogP contribution in [0.25, 0.3) is 10.8 Å². The lowest BCUT2D eigenvalue weighted by Crippen LogP contribution is -2.20. The first-order valence-electron chi connectivity index (χ1n) is 7.50. The first-order valence-corrected chi connectivity index (χ1v) is 8.48. The Morgan fingerprint density at radius 2 is 1.75 bits per heavy atom. The smallest absolute Gasteiger partial charge is 0.159 e. The highest BCUT2D eigenvalue weighted by Crippen LogP contribution is 2.26. The van der Waals surface area contributed by atoms with Crippen LogP contribution in [0.2, 0.25) is 0 Å². The number of aliphatic hydroxyl groups is 1. The summed E-state index contributed by atoms with van der Waals surface area (Å²) in [7, 11) is 0. The summed E-state index contributed by atoms with van der Waals surface area (Å²) in [6.45, 7) is 0.130. The van der Waals surface area contributed by atoms with Gasteiger partial charge < -0.3 is 9.84 Å². The van der Waals surface area contributed by atoms with Gasteiger partial charge in [0.2, 0.25) is 0 Å². The van der Waals surface area contributed by atoms with Gasteiger partial charge in [-0.2, -0.15) is 0 Å². The third-order valence-electron chi connectivity index (χ3n) is 3.51. The molecule has 124 valence electrons. The monoisotopic (exact) mass is 346 g/mol. The van der Waals surface area contributed by atoms with Gasteiger partial charge in [-0.05, 0) is 29.7 Å². The summed E-state index contributed by atoms with van der Waals surface area (Å²) in [6, 6.07) is 17.3. The molecule has 24 heavy (non-hydrogen) atoms. The van der Waals surface area contributed by atoms with E-state index in [0.29, 0.717) is 16.4 Å². The van der Waals surface area contributed by atoms with Gasteiger partial charge in [-0.15, -0.1) is 11.8 Å². The number of benzene rings is 3. The molecule has 1 atom stereocenters. The van der Waals surface area contributed by atoms with Gasteiger partial charge in [-0.25, -0.2) is 8.78 Å². The van der Waals surface area contributed by atoms with Crippen molar-refractivity contribution in [2.45, 2.75) is 11.0 Å². The molecule has 0 saturated carbocycles. The summed E-state index contributed by atoms with van der Waals surface area (Å²) < 4.78 is 31.7. The number of halogens is 2. The molecule has 0 aliphatic heterocycles.